The monoisotopic (exact) mass is 483 g/mol. The Labute approximate surface area is 212 Å². The topological polar surface area (TPSA) is 71.5 Å². The Bertz CT molecular complexity index is 1220. The molecule has 2 heterocycles. The quantitative estimate of drug-likeness (QED) is 0.516. The standard InChI is InChI=1S/C30H33N3O3/c1-20-6-8-23(9-7-20)28-27-19-26(13-12-22(27)15-18-33(28)30(35)24-10-11-24)36-21(2)29(34)32-17-14-25-5-3-4-16-31-25/h3-9,12-13,16,19,21,24,28H,10-11,14-15,17-18H2,1-2H3,(H,32,34). The van der Waals surface area contributed by atoms with E-state index in [4.69, 9.17) is 4.74 Å². The summed E-state index contributed by atoms with van der Waals surface area (Å²) in [6.45, 7) is 5.05. The van der Waals surface area contributed by atoms with Gasteiger partial charge in [-0.1, -0.05) is 42.0 Å². The van der Waals surface area contributed by atoms with Crippen molar-refractivity contribution in [3.05, 3.63) is 94.8 Å². The van der Waals surface area contributed by atoms with Crippen LogP contribution in [-0.2, 0) is 22.4 Å². The third-order valence-corrected chi connectivity index (χ3v) is 7.04. The average Bonchev–Trinajstić information content (AvgIpc) is 3.74. The van der Waals surface area contributed by atoms with Crippen LogP contribution in [0.1, 0.15) is 53.8 Å². The normalized spacial score (nSPS) is 17.7. The summed E-state index contributed by atoms with van der Waals surface area (Å²) in [5.74, 6) is 0.884. The number of amides is 2. The van der Waals surface area contributed by atoms with Crippen molar-refractivity contribution >= 4 is 11.8 Å². The molecule has 0 radical (unpaired) electrons. The van der Waals surface area contributed by atoms with E-state index in [0.29, 0.717) is 18.7 Å². The molecule has 2 unspecified atom stereocenters. The Morgan fingerprint density at radius 1 is 1.11 bits per heavy atom. The van der Waals surface area contributed by atoms with Crippen LogP contribution >= 0.6 is 0 Å². The fraction of sp³-hybridized carbons (Fsp3) is 0.367. The van der Waals surface area contributed by atoms with Crippen molar-refractivity contribution in [2.45, 2.75) is 51.7 Å². The molecule has 6 heteroatoms. The molecule has 1 aliphatic carbocycles. The molecule has 2 aromatic carbocycles. The van der Waals surface area contributed by atoms with Crippen LogP contribution in [0.5, 0.6) is 5.75 Å². The first-order valence-electron chi connectivity index (χ1n) is 12.8. The van der Waals surface area contributed by atoms with Gasteiger partial charge < -0.3 is 15.0 Å². The number of benzene rings is 2. The Balaban J connectivity index is 1.32. The Hall–Kier alpha value is -3.67. The molecule has 186 valence electrons. The lowest BCUT2D eigenvalue weighted by molar-refractivity contribution is -0.134. The van der Waals surface area contributed by atoms with Crippen molar-refractivity contribution in [2.24, 2.45) is 5.92 Å². The maximum absolute atomic E-state index is 13.2. The van der Waals surface area contributed by atoms with E-state index >= 15 is 0 Å². The van der Waals surface area contributed by atoms with Crippen LogP contribution in [0.15, 0.2) is 66.9 Å². The number of carbonyl (C=O) groups is 2. The third-order valence-electron chi connectivity index (χ3n) is 7.04. The number of hydrogen-bond acceptors (Lipinski definition) is 4. The first kappa shape index (κ1) is 24.0. The van der Waals surface area contributed by atoms with Crippen molar-refractivity contribution in [3.8, 4) is 5.75 Å². The number of ether oxygens (including phenoxy) is 1. The van der Waals surface area contributed by atoms with E-state index in [1.54, 1.807) is 13.1 Å². The number of aryl methyl sites for hydroxylation is 1. The van der Waals surface area contributed by atoms with Crippen molar-refractivity contribution < 1.29 is 14.3 Å². The van der Waals surface area contributed by atoms with Gasteiger partial charge in [-0.2, -0.15) is 0 Å². The molecule has 2 atom stereocenters. The zero-order chi connectivity index (χ0) is 25.1. The van der Waals surface area contributed by atoms with Gasteiger partial charge in [0.25, 0.3) is 5.91 Å². The third kappa shape index (κ3) is 5.43. The summed E-state index contributed by atoms with van der Waals surface area (Å²) >= 11 is 0. The minimum atomic E-state index is -0.641. The van der Waals surface area contributed by atoms with Gasteiger partial charge in [-0.3, -0.25) is 14.6 Å². The van der Waals surface area contributed by atoms with E-state index in [1.165, 1.54) is 11.1 Å². The number of nitrogens with one attached hydrogen (secondary N) is 1. The molecule has 0 bridgehead atoms. The Morgan fingerprint density at radius 2 is 1.92 bits per heavy atom. The minimum Gasteiger partial charge on any atom is -0.481 e. The lowest BCUT2D eigenvalue weighted by Gasteiger charge is -2.38. The molecule has 0 saturated heterocycles. The van der Waals surface area contributed by atoms with Gasteiger partial charge in [-0.25, -0.2) is 0 Å². The molecule has 2 aliphatic rings. The number of nitrogens with zero attached hydrogens (tertiary/aromatic N) is 2. The highest BCUT2D eigenvalue weighted by Crippen LogP contribution is 2.41. The number of rotatable bonds is 8. The van der Waals surface area contributed by atoms with Crippen LogP contribution in [0, 0.1) is 12.8 Å². The summed E-state index contributed by atoms with van der Waals surface area (Å²) in [6, 6.07) is 20.1. The molecule has 6 nitrogen and oxygen atoms in total. The van der Waals surface area contributed by atoms with E-state index < -0.39 is 6.10 Å². The predicted octanol–water partition coefficient (Wildman–Crippen LogP) is 4.40. The van der Waals surface area contributed by atoms with E-state index in [1.807, 2.05) is 35.2 Å². The van der Waals surface area contributed by atoms with Gasteiger partial charge in [0.1, 0.15) is 5.75 Å². The maximum Gasteiger partial charge on any atom is 0.260 e. The number of pyridine rings is 1. The first-order valence-corrected chi connectivity index (χ1v) is 12.8. The summed E-state index contributed by atoms with van der Waals surface area (Å²) in [6.07, 6.45) is 4.57. The molecule has 2 amide bonds. The molecule has 0 spiro atoms. The predicted molar refractivity (Wildman–Crippen MR) is 139 cm³/mol. The number of fused-ring (bicyclic) bond motifs is 1. The van der Waals surface area contributed by atoms with Crippen LogP contribution < -0.4 is 10.1 Å². The van der Waals surface area contributed by atoms with E-state index in [-0.39, 0.29) is 23.8 Å². The molecule has 1 aromatic heterocycles. The number of hydrogen-bond donors (Lipinski definition) is 1. The second-order valence-electron chi connectivity index (χ2n) is 9.85. The first-order chi connectivity index (χ1) is 17.5. The van der Waals surface area contributed by atoms with E-state index in [9.17, 15) is 9.59 Å². The smallest absolute Gasteiger partial charge is 0.260 e. The lowest BCUT2D eigenvalue weighted by Crippen LogP contribution is -2.41. The molecule has 1 saturated carbocycles. The molecule has 36 heavy (non-hydrogen) atoms. The fourth-order valence-electron chi connectivity index (χ4n) is 4.84. The van der Waals surface area contributed by atoms with Crippen LogP contribution in [0.3, 0.4) is 0 Å². The Morgan fingerprint density at radius 3 is 2.64 bits per heavy atom. The second-order valence-corrected chi connectivity index (χ2v) is 9.85. The van der Waals surface area contributed by atoms with E-state index in [0.717, 1.165) is 42.6 Å². The highest BCUT2D eigenvalue weighted by atomic mass is 16.5. The summed E-state index contributed by atoms with van der Waals surface area (Å²) in [7, 11) is 0. The fourth-order valence-corrected chi connectivity index (χ4v) is 4.84. The molecule has 5 rings (SSSR count). The largest absolute Gasteiger partial charge is 0.481 e. The van der Waals surface area contributed by atoms with Crippen LogP contribution in [0.2, 0.25) is 0 Å². The van der Waals surface area contributed by atoms with Gasteiger partial charge in [0.15, 0.2) is 6.10 Å². The van der Waals surface area contributed by atoms with Crippen LogP contribution in [-0.4, -0.2) is 40.9 Å². The minimum absolute atomic E-state index is 0.145. The second kappa shape index (κ2) is 10.5. The van der Waals surface area contributed by atoms with Gasteiger partial charge in [0, 0.05) is 37.3 Å². The Kier molecular flexibility index (Phi) is 7.03. The van der Waals surface area contributed by atoms with Gasteiger partial charge in [-0.05, 0) is 74.1 Å². The number of aromatic nitrogens is 1. The van der Waals surface area contributed by atoms with Crippen LogP contribution in [0.4, 0.5) is 0 Å². The zero-order valence-electron chi connectivity index (χ0n) is 20.9. The highest BCUT2D eigenvalue weighted by Gasteiger charge is 2.39. The molecule has 1 fully saturated rings. The summed E-state index contributed by atoms with van der Waals surface area (Å²) in [4.78, 5) is 32.2. The summed E-state index contributed by atoms with van der Waals surface area (Å²) in [5, 5.41) is 2.94. The van der Waals surface area contributed by atoms with Crippen molar-refractivity contribution in [1.82, 2.24) is 15.2 Å². The highest BCUT2D eigenvalue weighted by molar-refractivity contribution is 5.82. The SMILES string of the molecule is Cc1ccc(C2c3cc(OC(C)C(=O)NCCc4ccccn4)ccc3CCN2C(=O)C2CC2)cc1. The molecule has 3 aromatic rings. The zero-order valence-corrected chi connectivity index (χ0v) is 20.9. The van der Waals surface area contributed by atoms with Crippen molar-refractivity contribution in [2.75, 3.05) is 13.1 Å². The molecular formula is C30H33N3O3. The number of carbonyl (C=O) groups excluding carboxylic acids is 2. The molecule has 1 N–H and O–H groups in total. The summed E-state index contributed by atoms with van der Waals surface area (Å²) < 4.78 is 6.07. The summed E-state index contributed by atoms with van der Waals surface area (Å²) in [5.41, 5.74) is 5.54. The maximum atomic E-state index is 13.2. The molecule has 1 aliphatic heterocycles. The van der Waals surface area contributed by atoms with Crippen molar-refractivity contribution in [3.63, 3.8) is 0 Å². The molecular weight excluding hydrogens is 450 g/mol. The average molecular weight is 484 g/mol. The van der Waals surface area contributed by atoms with E-state index in [2.05, 4.69) is 47.6 Å². The van der Waals surface area contributed by atoms with Crippen LogP contribution in [0.25, 0.3) is 0 Å². The van der Waals surface area contributed by atoms with Gasteiger partial charge in [0.05, 0.1) is 6.04 Å². The van der Waals surface area contributed by atoms with Gasteiger partial charge in [0.2, 0.25) is 5.91 Å². The van der Waals surface area contributed by atoms with Gasteiger partial charge in [-0.15, -0.1) is 0 Å². The van der Waals surface area contributed by atoms with Gasteiger partial charge >= 0.3 is 0 Å². The van der Waals surface area contributed by atoms with Crippen molar-refractivity contribution in [1.29, 1.82) is 0 Å². The lowest BCUT2D eigenvalue weighted by atomic mass is 9.87.